The maximum atomic E-state index is 13.1. The van der Waals surface area contributed by atoms with Gasteiger partial charge in [-0.15, -0.1) is 0 Å². The van der Waals surface area contributed by atoms with Crippen molar-refractivity contribution in [1.29, 1.82) is 0 Å². The molecular weight excluding hydrogens is 336 g/mol. The number of nitro groups is 1. The Morgan fingerprint density at radius 1 is 0.955 bits per heavy atom. The molecule has 0 aromatic heterocycles. The SMILES string of the molecule is CCOP(=O)(OCC)C1(P(=O)(OCC)OCC)CC1[N+](=O)[O-]. The van der Waals surface area contributed by atoms with Crippen LogP contribution < -0.4 is 0 Å². The fourth-order valence-electron chi connectivity index (χ4n) is 2.41. The zero-order valence-electron chi connectivity index (χ0n) is 13.2. The standard InChI is InChI=1S/C11H23NO8P2/c1-5-17-21(15,18-6-2)11(9-10(11)12(13)14)22(16,19-7-3)20-8-4/h10H,5-9H2,1-4H3. The third-order valence-corrected chi connectivity index (χ3v) is 9.99. The first-order valence-electron chi connectivity index (χ1n) is 7.20. The molecular formula is C11H23NO8P2. The van der Waals surface area contributed by atoms with Crippen LogP contribution in [0.2, 0.25) is 0 Å². The van der Waals surface area contributed by atoms with E-state index in [0.29, 0.717) is 0 Å². The molecule has 0 saturated heterocycles. The fourth-order valence-corrected chi connectivity index (χ4v) is 8.42. The van der Waals surface area contributed by atoms with Gasteiger partial charge in [-0.3, -0.25) is 19.2 Å². The van der Waals surface area contributed by atoms with Crippen molar-refractivity contribution in [3.63, 3.8) is 0 Å². The highest BCUT2D eigenvalue weighted by Gasteiger charge is 2.86. The summed E-state index contributed by atoms with van der Waals surface area (Å²) in [4.78, 5) is 8.73. The van der Waals surface area contributed by atoms with E-state index >= 15 is 0 Å². The number of hydrogen-bond donors (Lipinski definition) is 0. The Labute approximate surface area is 129 Å². The van der Waals surface area contributed by atoms with Gasteiger partial charge in [-0.25, -0.2) is 0 Å². The van der Waals surface area contributed by atoms with Crippen LogP contribution in [0.25, 0.3) is 0 Å². The summed E-state index contributed by atoms with van der Waals surface area (Å²) in [6, 6.07) is -1.35. The van der Waals surface area contributed by atoms with Gasteiger partial charge in [0.2, 0.25) is 10.9 Å². The quantitative estimate of drug-likeness (QED) is 0.314. The van der Waals surface area contributed by atoms with Crippen molar-refractivity contribution in [2.45, 2.75) is 45.1 Å². The second kappa shape index (κ2) is 7.51. The lowest BCUT2D eigenvalue weighted by molar-refractivity contribution is -0.495. The predicted octanol–water partition coefficient (Wildman–Crippen LogP) is 3.26. The predicted molar refractivity (Wildman–Crippen MR) is 79.8 cm³/mol. The van der Waals surface area contributed by atoms with E-state index in [9.17, 15) is 19.2 Å². The van der Waals surface area contributed by atoms with Crippen molar-refractivity contribution < 1.29 is 32.1 Å². The maximum absolute atomic E-state index is 13.1. The monoisotopic (exact) mass is 359 g/mol. The molecule has 22 heavy (non-hydrogen) atoms. The third-order valence-electron chi connectivity index (χ3n) is 3.27. The molecule has 1 saturated carbocycles. The van der Waals surface area contributed by atoms with E-state index in [1.54, 1.807) is 27.7 Å². The molecule has 9 nitrogen and oxygen atoms in total. The largest absolute Gasteiger partial charge is 0.356 e. The molecule has 130 valence electrons. The van der Waals surface area contributed by atoms with E-state index in [2.05, 4.69) is 0 Å². The van der Waals surface area contributed by atoms with E-state index in [0.717, 1.165) is 0 Å². The van der Waals surface area contributed by atoms with Crippen molar-refractivity contribution >= 4 is 15.2 Å². The summed E-state index contributed by atoms with van der Waals surface area (Å²) in [6.07, 6.45) is -0.228. The molecule has 1 unspecified atom stereocenters. The molecule has 1 atom stereocenters. The van der Waals surface area contributed by atoms with Crippen LogP contribution in [-0.4, -0.2) is 42.3 Å². The molecule has 0 bridgehead atoms. The van der Waals surface area contributed by atoms with Gasteiger partial charge in [0, 0.05) is 4.92 Å². The summed E-state index contributed by atoms with van der Waals surface area (Å²) in [5.74, 6) is 0. The Morgan fingerprint density at radius 3 is 1.45 bits per heavy atom. The summed E-state index contributed by atoms with van der Waals surface area (Å²) in [5, 5.41) is 11.2. The van der Waals surface area contributed by atoms with E-state index in [1.165, 1.54) is 0 Å². The molecule has 0 radical (unpaired) electrons. The molecule has 0 heterocycles. The Kier molecular flexibility index (Phi) is 6.74. The van der Waals surface area contributed by atoms with Crippen molar-refractivity contribution in [3.8, 4) is 0 Å². The van der Waals surface area contributed by atoms with Gasteiger partial charge in [0.05, 0.1) is 32.8 Å². The summed E-state index contributed by atoms with van der Waals surface area (Å²) in [7, 11) is -8.11. The zero-order chi connectivity index (χ0) is 17.0. The Hall–Kier alpha value is -0.300. The van der Waals surface area contributed by atoms with E-state index < -0.39 is 31.1 Å². The minimum Gasteiger partial charge on any atom is -0.308 e. The number of hydrogen-bond acceptors (Lipinski definition) is 8. The van der Waals surface area contributed by atoms with Crippen LogP contribution in [0, 0.1) is 10.1 Å². The molecule has 0 amide bonds. The van der Waals surface area contributed by atoms with Gasteiger partial charge in [-0.05, 0) is 27.7 Å². The van der Waals surface area contributed by atoms with Crippen molar-refractivity contribution in [2.24, 2.45) is 0 Å². The first-order valence-corrected chi connectivity index (χ1v) is 10.3. The molecule has 0 aromatic carbocycles. The summed E-state index contributed by atoms with van der Waals surface area (Å²) >= 11 is 0. The van der Waals surface area contributed by atoms with Crippen LogP contribution in [0.4, 0.5) is 0 Å². The lowest BCUT2D eigenvalue weighted by Crippen LogP contribution is -2.26. The van der Waals surface area contributed by atoms with Crippen LogP contribution in [0.3, 0.4) is 0 Å². The Balaban J connectivity index is 3.40. The molecule has 0 N–H and O–H groups in total. The van der Waals surface area contributed by atoms with Gasteiger partial charge in [0.1, 0.15) is 0 Å². The Morgan fingerprint density at radius 2 is 1.27 bits per heavy atom. The van der Waals surface area contributed by atoms with Crippen molar-refractivity contribution in [2.75, 3.05) is 26.4 Å². The van der Waals surface area contributed by atoms with Crippen LogP contribution in [0.15, 0.2) is 0 Å². The second-order valence-electron chi connectivity index (χ2n) is 4.55. The average molecular weight is 359 g/mol. The van der Waals surface area contributed by atoms with Crippen LogP contribution >= 0.6 is 15.2 Å². The van der Waals surface area contributed by atoms with E-state index in [4.69, 9.17) is 18.1 Å². The van der Waals surface area contributed by atoms with E-state index in [1.807, 2.05) is 0 Å². The van der Waals surface area contributed by atoms with Gasteiger partial charge in [-0.1, -0.05) is 0 Å². The van der Waals surface area contributed by atoms with Crippen LogP contribution in [0.5, 0.6) is 0 Å². The highest BCUT2D eigenvalue weighted by atomic mass is 31.2. The topological polar surface area (TPSA) is 114 Å². The van der Waals surface area contributed by atoms with Gasteiger partial charge in [-0.2, -0.15) is 0 Å². The zero-order valence-corrected chi connectivity index (χ0v) is 15.0. The molecule has 1 fully saturated rings. The smallest absolute Gasteiger partial charge is 0.308 e. The lowest BCUT2D eigenvalue weighted by Gasteiger charge is -2.30. The highest BCUT2D eigenvalue weighted by Crippen LogP contribution is 2.87. The second-order valence-corrected chi connectivity index (χ2v) is 9.52. The van der Waals surface area contributed by atoms with Crippen molar-refractivity contribution in [3.05, 3.63) is 10.1 Å². The van der Waals surface area contributed by atoms with Gasteiger partial charge < -0.3 is 18.1 Å². The first-order chi connectivity index (χ1) is 10.3. The Bertz CT molecular complexity index is 446. The van der Waals surface area contributed by atoms with Gasteiger partial charge >= 0.3 is 15.2 Å². The fraction of sp³-hybridized carbons (Fsp3) is 1.00. The molecule has 1 aliphatic rings. The van der Waals surface area contributed by atoms with Crippen LogP contribution in [-0.2, 0) is 27.2 Å². The van der Waals surface area contributed by atoms with Gasteiger partial charge in [0.15, 0.2) is 0 Å². The summed E-state index contributed by atoms with van der Waals surface area (Å²) in [5.41, 5.74) is 0. The lowest BCUT2D eigenvalue weighted by atomic mass is 10.8. The normalized spacial score (nSPS) is 20.8. The molecule has 11 heteroatoms. The maximum Gasteiger partial charge on any atom is 0.356 e. The molecule has 0 aliphatic heterocycles. The minimum atomic E-state index is -4.06. The van der Waals surface area contributed by atoms with Gasteiger partial charge in [0.25, 0.3) is 0 Å². The summed E-state index contributed by atoms with van der Waals surface area (Å²) < 4.78 is 47.1. The van der Waals surface area contributed by atoms with Crippen molar-refractivity contribution in [1.82, 2.24) is 0 Å². The molecule has 1 aliphatic carbocycles. The minimum absolute atomic E-state index is 0.00170. The van der Waals surface area contributed by atoms with Crippen LogP contribution in [0.1, 0.15) is 34.1 Å². The molecule has 1 rings (SSSR count). The number of rotatable bonds is 11. The summed E-state index contributed by atoms with van der Waals surface area (Å²) in [6.45, 7) is 6.32. The van der Waals surface area contributed by atoms with E-state index in [-0.39, 0.29) is 32.8 Å². The third kappa shape index (κ3) is 3.16. The number of nitrogens with zero attached hydrogens (tertiary/aromatic N) is 1. The average Bonchev–Trinajstić information content (AvgIpc) is 3.17. The highest BCUT2D eigenvalue weighted by molar-refractivity contribution is 7.75. The molecule has 0 aromatic rings. The first kappa shape index (κ1) is 19.7. The molecule has 0 spiro atoms.